The van der Waals surface area contributed by atoms with Crippen molar-refractivity contribution < 1.29 is 29.0 Å². The van der Waals surface area contributed by atoms with Crippen molar-refractivity contribution in [3.63, 3.8) is 0 Å². The average molecular weight is 655 g/mol. The zero-order valence-corrected chi connectivity index (χ0v) is 28.1. The predicted octanol–water partition coefficient (Wildman–Crippen LogP) is 5.71. The molecule has 0 spiro atoms. The standard InChI is InChI=1S/C38H46N4O6/c1-5-47-37(48-6-2)28(3)41(26-32-22-15-21-31-20-13-14-23-33(31)32)36(44)34(24-29-16-9-7-10-17-29)39-35(43)27-40(4)42(38(45)46)25-30-18-11-8-12-19-30/h7-23,28,34,37H,5-6,24-27H2,1-4H3,(H,39,43)(H,45,46)/t28-,34-/m0/s1. The van der Waals surface area contributed by atoms with E-state index in [1.54, 1.807) is 4.90 Å². The average Bonchev–Trinajstić information content (AvgIpc) is 3.09. The lowest BCUT2D eigenvalue weighted by atomic mass is 10.0. The molecule has 2 atom stereocenters. The van der Waals surface area contributed by atoms with Gasteiger partial charge < -0.3 is 24.8 Å². The minimum atomic E-state index is -1.20. The van der Waals surface area contributed by atoms with E-state index in [-0.39, 0.29) is 32.0 Å². The molecule has 2 N–H and O–H groups in total. The number of benzene rings is 4. The van der Waals surface area contributed by atoms with Gasteiger partial charge in [-0.15, -0.1) is 0 Å². The summed E-state index contributed by atoms with van der Waals surface area (Å²) in [5.74, 6) is -0.797. The van der Waals surface area contributed by atoms with Crippen LogP contribution in [0.2, 0.25) is 0 Å². The Labute approximate surface area is 282 Å². The molecule has 10 nitrogen and oxygen atoms in total. The molecule has 0 heterocycles. The predicted molar refractivity (Wildman–Crippen MR) is 186 cm³/mol. The van der Waals surface area contributed by atoms with Crippen LogP contribution in [0.3, 0.4) is 0 Å². The summed E-state index contributed by atoms with van der Waals surface area (Å²) in [7, 11) is 1.54. The number of ether oxygens (including phenoxy) is 2. The monoisotopic (exact) mass is 654 g/mol. The molecule has 0 unspecified atom stereocenters. The van der Waals surface area contributed by atoms with E-state index in [9.17, 15) is 19.5 Å². The highest BCUT2D eigenvalue weighted by molar-refractivity contribution is 5.90. The number of nitrogens with zero attached hydrogens (tertiary/aromatic N) is 3. The van der Waals surface area contributed by atoms with Gasteiger partial charge in [0, 0.05) is 33.2 Å². The first-order valence-electron chi connectivity index (χ1n) is 16.3. The number of nitrogens with one attached hydrogen (secondary N) is 1. The normalized spacial score (nSPS) is 12.5. The molecule has 0 bridgehead atoms. The third kappa shape index (κ3) is 9.87. The number of carbonyl (C=O) groups excluding carboxylic acids is 2. The molecule has 0 aromatic heterocycles. The largest absolute Gasteiger partial charge is 0.464 e. The van der Waals surface area contributed by atoms with Crippen LogP contribution in [-0.2, 0) is 38.6 Å². The lowest BCUT2D eigenvalue weighted by molar-refractivity contribution is -0.179. The van der Waals surface area contributed by atoms with E-state index in [4.69, 9.17) is 9.47 Å². The number of hydrazine groups is 1. The van der Waals surface area contributed by atoms with Gasteiger partial charge in [0.05, 0.1) is 19.1 Å². The van der Waals surface area contributed by atoms with Crippen LogP contribution in [0.15, 0.2) is 103 Å². The highest BCUT2D eigenvalue weighted by atomic mass is 16.7. The van der Waals surface area contributed by atoms with Crippen molar-refractivity contribution in [1.82, 2.24) is 20.2 Å². The topological polar surface area (TPSA) is 112 Å². The highest BCUT2D eigenvalue weighted by Crippen LogP contribution is 2.23. The first kappa shape index (κ1) is 36.1. The SMILES string of the molecule is CCOC(OCC)[C@H](C)N(Cc1cccc2ccccc12)C(=O)[C@H](Cc1ccccc1)NC(=O)CN(C)N(Cc1ccccc1)C(=O)O. The van der Waals surface area contributed by atoms with Gasteiger partial charge in [0.1, 0.15) is 6.04 Å². The fourth-order valence-electron chi connectivity index (χ4n) is 5.71. The van der Waals surface area contributed by atoms with Crippen molar-refractivity contribution in [3.05, 3.63) is 120 Å². The van der Waals surface area contributed by atoms with E-state index in [2.05, 4.69) is 5.32 Å². The van der Waals surface area contributed by atoms with Crippen molar-refractivity contribution >= 4 is 28.7 Å². The molecule has 4 aromatic rings. The van der Waals surface area contributed by atoms with Gasteiger partial charge in [0.2, 0.25) is 11.8 Å². The van der Waals surface area contributed by atoms with E-state index < -0.39 is 30.4 Å². The van der Waals surface area contributed by atoms with Crippen LogP contribution in [0, 0.1) is 0 Å². The smallest absolute Gasteiger partial charge is 0.422 e. The summed E-state index contributed by atoms with van der Waals surface area (Å²) in [5.41, 5.74) is 2.59. The molecular weight excluding hydrogens is 608 g/mol. The zero-order valence-electron chi connectivity index (χ0n) is 28.1. The Balaban J connectivity index is 1.64. The number of likely N-dealkylation sites (N-methyl/N-ethyl adjacent to an activating group) is 1. The van der Waals surface area contributed by atoms with Crippen molar-refractivity contribution in [3.8, 4) is 0 Å². The second-order valence-electron chi connectivity index (χ2n) is 11.6. The van der Waals surface area contributed by atoms with Crippen LogP contribution >= 0.6 is 0 Å². The van der Waals surface area contributed by atoms with Crippen LogP contribution in [-0.4, -0.2) is 83.1 Å². The number of amides is 3. The number of rotatable bonds is 17. The van der Waals surface area contributed by atoms with Crippen LogP contribution in [0.1, 0.15) is 37.5 Å². The molecule has 3 amide bonds. The summed E-state index contributed by atoms with van der Waals surface area (Å²) in [6.45, 7) is 6.47. The van der Waals surface area contributed by atoms with Gasteiger partial charge in [-0.3, -0.25) is 9.59 Å². The second-order valence-corrected chi connectivity index (χ2v) is 11.6. The fraction of sp³-hybridized carbons (Fsp3) is 0.342. The second kappa shape index (κ2) is 18.0. The molecule has 0 aliphatic carbocycles. The van der Waals surface area contributed by atoms with Gasteiger partial charge in [-0.1, -0.05) is 103 Å². The molecular formula is C38H46N4O6. The van der Waals surface area contributed by atoms with E-state index >= 15 is 0 Å². The number of hydrogen-bond acceptors (Lipinski definition) is 6. The van der Waals surface area contributed by atoms with Crippen molar-refractivity contribution in [2.24, 2.45) is 0 Å². The molecule has 0 aliphatic heterocycles. The molecule has 0 saturated heterocycles. The van der Waals surface area contributed by atoms with Crippen molar-refractivity contribution in [2.45, 2.75) is 58.7 Å². The molecule has 0 radical (unpaired) electrons. The summed E-state index contributed by atoms with van der Waals surface area (Å²) >= 11 is 0. The Morgan fingerprint density at radius 3 is 1.98 bits per heavy atom. The maximum Gasteiger partial charge on any atom is 0.422 e. The molecule has 254 valence electrons. The maximum absolute atomic E-state index is 14.7. The molecule has 0 fully saturated rings. The lowest BCUT2D eigenvalue weighted by Crippen LogP contribution is -2.56. The van der Waals surface area contributed by atoms with Gasteiger partial charge in [0.25, 0.3) is 0 Å². The molecule has 0 aliphatic rings. The quantitative estimate of drug-likeness (QED) is 0.111. The Morgan fingerprint density at radius 2 is 1.35 bits per heavy atom. The Kier molecular flexibility index (Phi) is 13.5. The lowest BCUT2D eigenvalue weighted by Gasteiger charge is -2.37. The van der Waals surface area contributed by atoms with Gasteiger partial charge in [-0.2, -0.15) is 0 Å². The van der Waals surface area contributed by atoms with Crippen LogP contribution in [0.5, 0.6) is 0 Å². The minimum Gasteiger partial charge on any atom is -0.464 e. The molecule has 4 aromatic carbocycles. The number of carbonyl (C=O) groups is 3. The molecule has 48 heavy (non-hydrogen) atoms. The summed E-state index contributed by atoms with van der Waals surface area (Å²) < 4.78 is 11.9. The molecule has 4 rings (SSSR count). The maximum atomic E-state index is 14.7. The Bertz CT molecular complexity index is 1610. The third-order valence-corrected chi connectivity index (χ3v) is 8.15. The summed E-state index contributed by atoms with van der Waals surface area (Å²) in [4.78, 5) is 42.2. The Morgan fingerprint density at radius 1 is 0.771 bits per heavy atom. The molecule has 10 heteroatoms. The first-order chi connectivity index (χ1) is 23.2. The van der Waals surface area contributed by atoms with Crippen molar-refractivity contribution in [2.75, 3.05) is 26.8 Å². The zero-order chi connectivity index (χ0) is 34.5. The van der Waals surface area contributed by atoms with Crippen LogP contribution in [0.4, 0.5) is 4.79 Å². The van der Waals surface area contributed by atoms with E-state index in [0.29, 0.717) is 13.2 Å². The van der Waals surface area contributed by atoms with E-state index in [0.717, 1.165) is 32.5 Å². The van der Waals surface area contributed by atoms with Gasteiger partial charge in [-0.05, 0) is 48.2 Å². The molecule has 0 saturated carbocycles. The third-order valence-electron chi connectivity index (χ3n) is 8.15. The highest BCUT2D eigenvalue weighted by Gasteiger charge is 2.34. The van der Waals surface area contributed by atoms with Crippen molar-refractivity contribution in [1.29, 1.82) is 0 Å². The van der Waals surface area contributed by atoms with Gasteiger partial charge in [-0.25, -0.2) is 14.8 Å². The first-order valence-corrected chi connectivity index (χ1v) is 16.3. The van der Waals surface area contributed by atoms with E-state index in [1.807, 2.05) is 124 Å². The number of hydrogen-bond donors (Lipinski definition) is 2. The van der Waals surface area contributed by atoms with E-state index in [1.165, 1.54) is 12.1 Å². The number of carboxylic acid groups (broad SMARTS) is 1. The minimum absolute atomic E-state index is 0.0684. The summed E-state index contributed by atoms with van der Waals surface area (Å²) in [5, 5.41) is 17.4. The van der Waals surface area contributed by atoms with Crippen LogP contribution in [0.25, 0.3) is 10.8 Å². The van der Waals surface area contributed by atoms with Gasteiger partial charge >= 0.3 is 6.09 Å². The Hall–Kier alpha value is -4.77. The fourth-order valence-corrected chi connectivity index (χ4v) is 5.71. The van der Waals surface area contributed by atoms with Gasteiger partial charge in [0.15, 0.2) is 6.29 Å². The summed E-state index contributed by atoms with van der Waals surface area (Å²) in [6.07, 6.45) is -1.66. The summed E-state index contributed by atoms with van der Waals surface area (Å²) in [6, 6.07) is 31.2. The van der Waals surface area contributed by atoms with Crippen LogP contribution < -0.4 is 5.32 Å². The number of fused-ring (bicyclic) bond motifs is 1.